The molecule has 0 bridgehead atoms. The topological polar surface area (TPSA) is 68.5 Å². The van der Waals surface area contributed by atoms with E-state index in [0.717, 1.165) is 38.8 Å². The van der Waals surface area contributed by atoms with Crippen LogP contribution >= 0.6 is 0 Å². The summed E-state index contributed by atoms with van der Waals surface area (Å²) < 4.78 is 11.0. The second kappa shape index (κ2) is 7.89. The number of fused-ring (bicyclic) bond motifs is 1. The number of amides is 1. The number of rotatable bonds is 5. The van der Waals surface area contributed by atoms with Crippen molar-refractivity contribution >= 4 is 28.5 Å². The first kappa shape index (κ1) is 19.7. The summed E-state index contributed by atoms with van der Waals surface area (Å²) in [4.78, 5) is 24.7. The number of benzene rings is 2. The molecular formula is C23H25NO4. The van der Waals surface area contributed by atoms with Crippen molar-refractivity contribution in [3.05, 3.63) is 64.4 Å². The normalized spacial score (nSPS) is 12.0. The van der Waals surface area contributed by atoms with Crippen molar-refractivity contribution in [2.45, 2.75) is 47.1 Å². The minimum absolute atomic E-state index is 0.0523. The van der Waals surface area contributed by atoms with Gasteiger partial charge < -0.3 is 14.5 Å². The maximum atomic E-state index is 12.4. The number of carbonyl (C=O) groups excluding carboxylic acids is 2. The molecule has 0 radical (unpaired) electrons. The van der Waals surface area contributed by atoms with Gasteiger partial charge in [0.2, 0.25) is 0 Å². The standard InChI is InChI=1S/C23H25NO4/c1-13-6-9-20(15(3)10-13)24-23(26)17(5)28-21(25)11-18-12-27-22-16(4)14(2)7-8-19(18)22/h6-10,12,17H,11H2,1-5H3,(H,24,26)/t17-/m0/s1. The number of nitrogens with one attached hydrogen (secondary N) is 1. The van der Waals surface area contributed by atoms with Crippen molar-refractivity contribution in [3.8, 4) is 0 Å². The molecule has 0 aliphatic heterocycles. The molecule has 0 unspecified atom stereocenters. The van der Waals surface area contributed by atoms with Crippen LogP contribution in [0.5, 0.6) is 0 Å². The lowest BCUT2D eigenvalue weighted by Gasteiger charge is -2.15. The smallest absolute Gasteiger partial charge is 0.311 e. The van der Waals surface area contributed by atoms with Gasteiger partial charge in [-0.3, -0.25) is 9.59 Å². The molecule has 0 aliphatic rings. The summed E-state index contributed by atoms with van der Waals surface area (Å²) in [6.45, 7) is 9.49. The van der Waals surface area contributed by atoms with E-state index in [9.17, 15) is 9.59 Å². The molecule has 0 aliphatic carbocycles. The second-order valence-electron chi connectivity index (χ2n) is 7.26. The highest BCUT2D eigenvalue weighted by molar-refractivity contribution is 5.96. The Morgan fingerprint density at radius 3 is 2.54 bits per heavy atom. The Bertz CT molecular complexity index is 1050. The summed E-state index contributed by atoms with van der Waals surface area (Å²) in [5.74, 6) is -0.826. The summed E-state index contributed by atoms with van der Waals surface area (Å²) in [5.41, 5.74) is 6.51. The fraction of sp³-hybridized carbons (Fsp3) is 0.304. The van der Waals surface area contributed by atoms with Gasteiger partial charge in [-0.05, 0) is 57.4 Å². The van der Waals surface area contributed by atoms with E-state index >= 15 is 0 Å². The van der Waals surface area contributed by atoms with Crippen LogP contribution in [0.1, 0.15) is 34.7 Å². The Hall–Kier alpha value is -3.08. The van der Waals surface area contributed by atoms with E-state index in [4.69, 9.17) is 9.15 Å². The first-order chi connectivity index (χ1) is 13.3. The number of carbonyl (C=O) groups is 2. The van der Waals surface area contributed by atoms with Crippen LogP contribution in [-0.4, -0.2) is 18.0 Å². The van der Waals surface area contributed by atoms with Crippen molar-refractivity contribution in [1.29, 1.82) is 0 Å². The summed E-state index contributed by atoms with van der Waals surface area (Å²) >= 11 is 0. The van der Waals surface area contributed by atoms with Gasteiger partial charge >= 0.3 is 5.97 Å². The highest BCUT2D eigenvalue weighted by Gasteiger charge is 2.20. The number of anilines is 1. The Morgan fingerprint density at radius 2 is 1.82 bits per heavy atom. The van der Waals surface area contributed by atoms with Crippen LogP contribution < -0.4 is 5.32 Å². The van der Waals surface area contributed by atoms with Gasteiger partial charge in [-0.2, -0.15) is 0 Å². The molecule has 1 amide bonds. The molecule has 0 saturated heterocycles. The molecule has 3 aromatic rings. The van der Waals surface area contributed by atoms with Crippen LogP contribution in [0.25, 0.3) is 11.0 Å². The van der Waals surface area contributed by atoms with Gasteiger partial charge in [0.15, 0.2) is 6.10 Å². The van der Waals surface area contributed by atoms with E-state index < -0.39 is 12.1 Å². The van der Waals surface area contributed by atoms with Crippen LogP contribution in [-0.2, 0) is 20.7 Å². The SMILES string of the molecule is Cc1ccc(NC(=O)[C@H](C)OC(=O)Cc2coc3c(C)c(C)ccc23)c(C)c1. The molecule has 28 heavy (non-hydrogen) atoms. The minimum atomic E-state index is -0.893. The van der Waals surface area contributed by atoms with Crippen LogP contribution in [0.4, 0.5) is 5.69 Å². The van der Waals surface area contributed by atoms with Gasteiger partial charge in [-0.25, -0.2) is 0 Å². The summed E-state index contributed by atoms with van der Waals surface area (Å²) in [5, 5.41) is 3.71. The average Bonchev–Trinajstić information content (AvgIpc) is 3.03. The zero-order valence-electron chi connectivity index (χ0n) is 16.9. The van der Waals surface area contributed by atoms with Crippen LogP contribution in [0.15, 0.2) is 41.0 Å². The maximum absolute atomic E-state index is 12.4. The Balaban J connectivity index is 1.64. The first-order valence-corrected chi connectivity index (χ1v) is 9.30. The Kier molecular flexibility index (Phi) is 5.54. The number of hydrogen-bond acceptors (Lipinski definition) is 4. The fourth-order valence-electron chi connectivity index (χ4n) is 3.16. The van der Waals surface area contributed by atoms with Gasteiger partial charge in [0.05, 0.1) is 12.7 Å². The van der Waals surface area contributed by atoms with E-state index in [1.54, 1.807) is 13.2 Å². The molecule has 1 atom stereocenters. The molecule has 0 saturated carbocycles. The Morgan fingerprint density at radius 1 is 1.07 bits per heavy atom. The highest BCUT2D eigenvalue weighted by Crippen LogP contribution is 2.27. The predicted octanol–water partition coefficient (Wildman–Crippen LogP) is 4.78. The fourth-order valence-corrected chi connectivity index (χ4v) is 3.16. The average molecular weight is 379 g/mol. The van der Waals surface area contributed by atoms with Crippen molar-refractivity contribution in [3.63, 3.8) is 0 Å². The number of esters is 1. The van der Waals surface area contributed by atoms with Crippen LogP contribution in [0.2, 0.25) is 0 Å². The highest BCUT2D eigenvalue weighted by atomic mass is 16.5. The van der Waals surface area contributed by atoms with Crippen molar-refractivity contribution in [2.75, 3.05) is 5.32 Å². The number of hydrogen-bond donors (Lipinski definition) is 1. The summed E-state index contributed by atoms with van der Waals surface area (Å²) in [6, 6.07) is 9.70. The first-order valence-electron chi connectivity index (χ1n) is 9.30. The lowest BCUT2D eigenvalue weighted by Crippen LogP contribution is -2.30. The molecular weight excluding hydrogens is 354 g/mol. The minimum Gasteiger partial charge on any atom is -0.464 e. The molecule has 146 valence electrons. The predicted molar refractivity (Wildman–Crippen MR) is 109 cm³/mol. The van der Waals surface area contributed by atoms with Gasteiger partial charge in [0.1, 0.15) is 5.58 Å². The van der Waals surface area contributed by atoms with E-state index in [0.29, 0.717) is 5.69 Å². The largest absolute Gasteiger partial charge is 0.464 e. The molecule has 3 rings (SSSR count). The summed E-state index contributed by atoms with van der Waals surface area (Å²) in [6.07, 6.45) is 0.741. The second-order valence-corrected chi connectivity index (χ2v) is 7.26. The van der Waals surface area contributed by atoms with E-state index in [1.807, 2.05) is 58.0 Å². The maximum Gasteiger partial charge on any atom is 0.311 e. The molecule has 5 nitrogen and oxygen atoms in total. The number of ether oxygens (including phenoxy) is 1. The van der Waals surface area contributed by atoms with E-state index in [2.05, 4.69) is 5.32 Å². The number of furan rings is 1. The van der Waals surface area contributed by atoms with Crippen molar-refractivity contribution < 1.29 is 18.7 Å². The molecule has 0 fully saturated rings. The van der Waals surface area contributed by atoms with E-state index in [1.165, 1.54) is 0 Å². The monoisotopic (exact) mass is 379 g/mol. The quantitative estimate of drug-likeness (QED) is 0.648. The van der Waals surface area contributed by atoms with Crippen LogP contribution in [0, 0.1) is 27.7 Å². The Labute approximate surface area is 164 Å². The molecule has 5 heteroatoms. The zero-order valence-corrected chi connectivity index (χ0v) is 16.9. The lowest BCUT2D eigenvalue weighted by atomic mass is 10.0. The number of aryl methyl sites for hydroxylation is 4. The van der Waals surface area contributed by atoms with Gasteiger partial charge in [-0.15, -0.1) is 0 Å². The third-order valence-corrected chi connectivity index (χ3v) is 4.99. The van der Waals surface area contributed by atoms with E-state index in [-0.39, 0.29) is 12.3 Å². The van der Waals surface area contributed by atoms with Crippen LogP contribution in [0.3, 0.4) is 0 Å². The van der Waals surface area contributed by atoms with Gasteiger partial charge in [0, 0.05) is 16.6 Å². The summed E-state index contributed by atoms with van der Waals surface area (Å²) in [7, 11) is 0. The molecule has 1 aromatic heterocycles. The lowest BCUT2D eigenvalue weighted by molar-refractivity contribution is -0.152. The molecule has 1 N–H and O–H groups in total. The third kappa shape index (κ3) is 4.09. The van der Waals surface area contributed by atoms with Gasteiger partial charge in [0.25, 0.3) is 5.91 Å². The van der Waals surface area contributed by atoms with Gasteiger partial charge in [-0.1, -0.05) is 29.8 Å². The van der Waals surface area contributed by atoms with Crippen molar-refractivity contribution in [1.82, 2.24) is 0 Å². The molecule has 0 spiro atoms. The molecule has 2 aromatic carbocycles. The zero-order chi connectivity index (χ0) is 20.4. The third-order valence-electron chi connectivity index (χ3n) is 4.99. The van der Waals surface area contributed by atoms with Crippen molar-refractivity contribution in [2.24, 2.45) is 0 Å². The molecule has 1 heterocycles.